The minimum Gasteiger partial charge on any atom is -0.206 e. The first-order valence-corrected chi connectivity index (χ1v) is 5.80. The Balaban J connectivity index is 2.25. The van der Waals surface area contributed by atoms with E-state index in [0.29, 0.717) is 5.92 Å². The van der Waals surface area contributed by atoms with Gasteiger partial charge in [0.25, 0.3) is 0 Å². The zero-order chi connectivity index (χ0) is 9.26. The van der Waals surface area contributed by atoms with Crippen LogP contribution >= 0.6 is 22.6 Å². The standard InChI is InChI=1S/C11H12FI/c12-10-6-5-9(7-11(10)13)8-3-1-2-4-8/h5-8H,1-4H2. The van der Waals surface area contributed by atoms with E-state index >= 15 is 0 Å². The number of hydrogen-bond donors (Lipinski definition) is 0. The van der Waals surface area contributed by atoms with Gasteiger partial charge in [-0.1, -0.05) is 18.9 Å². The van der Waals surface area contributed by atoms with E-state index in [9.17, 15) is 4.39 Å². The molecule has 0 spiro atoms. The van der Waals surface area contributed by atoms with Crippen LogP contribution in [0.25, 0.3) is 0 Å². The summed E-state index contributed by atoms with van der Waals surface area (Å²) in [5.74, 6) is 0.594. The average molecular weight is 290 g/mol. The molecule has 0 N–H and O–H groups in total. The third-order valence-corrected chi connectivity index (χ3v) is 3.60. The second kappa shape index (κ2) is 3.95. The van der Waals surface area contributed by atoms with Crippen molar-refractivity contribution in [2.24, 2.45) is 0 Å². The maximum Gasteiger partial charge on any atom is 0.136 e. The minimum absolute atomic E-state index is 0.0950. The average Bonchev–Trinajstić information content (AvgIpc) is 2.62. The van der Waals surface area contributed by atoms with Crippen LogP contribution in [0.1, 0.15) is 37.2 Å². The smallest absolute Gasteiger partial charge is 0.136 e. The zero-order valence-corrected chi connectivity index (χ0v) is 9.55. The van der Waals surface area contributed by atoms with Gasteiger partial charge in [-0.3, -0.25) is 0 Å². The summed E-state index contributed by atoms with van der Waals surface area (Å²) in [6, 6.07) is 5.52. The first-order valence-electron chi connectivity index (χ1n) is 4.72. The molecular formula is C11H12FI. The molecule has 0 amide bonds. The topological polar surface area (TPSA) is 0 Å². The van der Waals surface area contributed by atoms with Crippen LogP contribution in [0.3, 0.4) is 0 Å². The third kappa shape index (κ3) is 2.03. The Kier molecular flexibility index (Phi) is 2.86. The molecule has 1 aliphatic rings. The van der Waals surface area contributed by atoms with E-state index in [2.05, 4.69) is 22.6 Å². The molecule has 0 atom stereocenters. The molecule has 70 valence electrons. The van der Waals surface area contributed by atoms with Crippen LogP contribution in [0.2, 0.25) is 0 Å². The van der Waals surface area contributed by atoms with Crippen molar-refractivity contribution < 1.29 is 4.39 Å². The molecule has 1 aromatic rings. The molecule has 1 fully saturated rings. The van der Waals surface area contributed by atoms with Crippen LogP contribution in [0.15, 0.2) is 18.2 Å². The van der Waals surface area contributed by atoms with E-state index in [4.69, 9.17) is 0 Å². The fourth-order valence-corrected chi connectivity index (χ4v) is 2.56. The second-order valence-electron chi connectivity index (χ2n) is 3.65. The summed E-state index contributed by atoms with van der Waals surface area (Å²) in [4.78, 5) is 0. The highest BCUT2D eigenvalue weighted by molar-refractivity contribution is 14.1. The Morgan fingerprint density at radius 1 is 1.23 bits per heavy atom. The molecular weight excluding hydrogens is 278 g/mol. The highest BCUT2D eigenvalue weighted by Crippen LogP contribution is 2.34. The summed E-state index contributed by atoms with van der Waals surface area (Å²) < 4.78 is 13.7. The van der Waals surface area contributed by atoms with Crippen LogP contribution in [-0.4, -0.2) is 0 Å². The SMILES string of the molecule is Fc1ccc(C2CCCC2)cc1I. The molecule has 0 aliphatic heterocycles. The Bertz CT molecular complexity index is 303. The lowest BCUT2D eigenvalue weighted by molar-refractivity contribution is 0.616. The highest BCUT2D eigenvalue weighted by Gasteiger charge is 2.17. The van der Waals surface area contributed by atoms with Crippen molar-refractivity contribution in [3.8, 4) is 0 Å². The molecule has 0 aromatic heterocycles. The third-order valence-electron chi connectivity index (χ3n) is 2.77. The predicted octanol–water partition coefficient (Wildman–Crippen LogP) is 4.09. The molecule has 0 saturated heterocycles. The van der Waals surface area contributed by atoms with Crippen molar-refractivity contribution in [1.82, 2.24) is 0 Å². The molecule has 0 unspecified atom stereocenters. The Morgan fingerprint density at radius 3 is 2.54 bits per heavy atom. The summed E-state index contributed by atoms with van der Waals surface area (Å²) in [6.07, 6.45) is 5.22. The van der Waals surface area contributed by atoms with Crippen molar-refractivity contribution in [1.29, 1.82) is 0 Å². The molecule has 1 saturated carbocycles. The summed E-state index contributed by atoms with van der Waals surface area (Å²) >= 11 is 2.06. The Labute approximate surface area is 91.7 Å². The molecule has 1 aliphatic carbocycles. The first-order chi connectivity index (χ1) is 6.27. The van der Waals surface area contributed by atoms with Gasteiger partial charge in [-0.05, 0) is 59.0 Å². The maximum atomic E-state index is 13.0. The van der Waals surface area contributed by atoms with Gasteiger partial charge in [0, 0.05) is 3.57 Å². The van der Waals surface area contributed by atoms with Gasteiger partial charge in [0.05, 0.1) is 0 Å². The number of rotatable bonds is 1. The van der Waals surface area contributed by atoms with E-state index < -0.39 is 0 Å². The fraction of sp³-hybridized carbons (Fsp3) is 0.455. The lowest BCUT2D eigenvalue weighted by atomic mass is 9.98. The number of benzene rings is 1. The van der Waals surface area contributed by atoms with Crippen molar-refractivity contribution in [3.63, 3.8) is 0 Å². The molecule has 0 bridgehead atoms. The maximum absolute atomic E-state index is 13.0. The Morgan fingerprint density at radius 2 is 1.92 bits per heavy atom. The summed E-state index contributed by atoms with van der Waals surface area (Å²) in [7, 11) is 0. The van der Waals surface area contributed by atoms with Crippen molar-refractivity contribution in [2.75, 3.05) is 0 Å². The highest BCUT2D eigenvalue weighted by atomic mass is 127. The summed E-state index contributed by atoms with van der Waals surface area (Å²) in [5, 5.41) is 0. The van der Waals surface area contributed by atoms with E-state index in [1.807, 2.05) is 12.1 Å². The molecule has 0 heterocycles. The molecule has 0 nitrogen and oxygen atoms in total. The molecule has 0 radical (unpaired) electrons. The molecule has 2 rings (SSSR count). The minimum atomic E-state index is -0.0950. The van der Waals surface area contributed by atoms with E-state index in [1.54, 1.807) is 6.07 Å². The van der Waals surface area contributed by atoms with Gasteiger partial charge in [0.2, 0.25) is 0 Å². The quantitative estimate of drug-likeness (QED) is 0.683. The summed E-state index contributed by atoms with van der Waals surface area (Å²) in [6.45, 7) is 0. The summed E-state index contributed by atoms with van der Waals surface area (Å²) in [5.41, 5.74) is 1.32. The predicted molar refractivity (Wildman–Crippen MR) is 60.3 cm³/mol. The second-order valence-corrected chi connectivity index (χ2v) is 4.82. The largest absolute Gasteiger partial charge is 0.206 e. The van der Waals surface area contributed by atoms with Crippen molar-refractivity contribution in [2.45, 2.75) is 31.6 Å². The Hall–Kier alpha value is -0.120. The monoisotopic (exact) mass is 290 g/mol. The molecule has 2 heteroatoms. The van der Waals surface area contributed by atoms with Gasteiger partial charge < -0.3 is 0 Å². The van der Waals surface area contributed by atoms with Gasteiger partial charge in [0.15, 0.2) is 0 Å². The van der Waals surface area contributed by atoms with Crippen LogP contribution in [0.4, 0.5) is 4.39 Å². The fourth-order valence-electron chi connectivity index (χ4n) is 2.03. The normalized spacial score (nSPS) is 18.0. The van der Waals surface area contributed by atoms with Gasteiger partial charge in [0.1, 0.15) is 5.82 Å². The molecule has 1 aromatic carbocycles. The van der Waals surface area contributed by atoms with Crippen molar-refractivity contribution >= 4 is 22.6 Å². The van der Waals surface area contributed by atoms with E-state index in [-0.39, 0.29) is 5.82 Å². The zero-order valence-electron chi connectivity index (χ0n) is 7.39. The van der Waals surface area contributed by atoms with Crippen molar-refractivity contribution in [3.05, 3.63) is 33.1 Å². The van der Waals surface area contributed by atoms with Crippen LogP contribution in [0, 0.1) is 9.39 Å². The van der Waals surface area contributed by atoms with E-state index in [1.165, 1.54) is 31.2 Å². The lowest BCUT2D eigenvalue weighted by Gasteiger charge is -2.09. The number of hydrogen-bond acceptors (Lipinski definition) is 0. The number of halogens is 2. The van der Waals surface area contributed by atoms with Gasteiger partial charge in [-0.25, -0.2) is 4.39 Å². The molecule has 13 heavy (non-hydrogen) atoms. The van der Waals surface area contributed by atoms with Crippen LogP contribution in [0.5, 0.6) is 0 Å². The van der Waals surface area contributed by atoms with Crippen LogP contribution < -0.4 is 0 Å². The van der Waals surface area contributed by atoms with Gasteiger partial charge >= 0.3 is 0 Å². The van der Waals surface area contributed by atoms with E-state index in [0.717, 1.165) is 3.57 Å². The first kappa shape index (κ1) is 9.44. The lowest BCUT2D eigenvalue weighted by Crippen LogP contribution is -1.93. The van der Waals surface area contributed by atoms with Crippen LogP contribution in [-0.2, 0) is 0 Å². The van der Waals surface area contributed by atoms with Gasteiger partial charge in [-0.2, -0.15) is 0 Å². The van der Waals surface area contributed by atoms with Gasteiger partial charge in [-0.15, -0.1) is 0 Å².